The molecule has 4 heteroatoms. The molecule has 0 fully saturated rings. The molecular weight excluding hydrogens is 278 g/mol. The van der Waals surface area contributed by atoms with Crippen LogP contribution in [-0.2, 0) is 12.8 Å². The maximum atomic E-state index is 12.1. The highest BCUT2D eigenvalue weighted by atomic mass is 16.4. The molecule has 0 aliphatic carbocycles. The van der Waals surface area contributed by atoms with Gasteiger partial charge in [-0.25, -0.2) is 4.79 Å². The number of rotatable bonds is 4. The van der Waals surface area contributed by atoms with E-state index in [1.54, 1.807) is 0 Å². The fourth-order valence-corrected chi connectivity index (χ4v) is 2.27. The van der Waals surface area contributed by atoms with Gasteiger partial charge in [-0.05, 0) is 11.1 Å². The van der Waals surface area contributed by atoms with Crippen molar-refractivity contribution >= 4 is 0 Å². The first-order valence-corrected chi connectivity index (χ1v) is 7.02. The summed E-state index contributed by atoms with van der Waals surface area (Å²) in [6.45, 7) is 0. The van der Waals surface area contributed by atoms with Crippen molar-refractivity contribution in [1.29, 1.82) is 0 Å². The van der Waals surface area contributed by atoms with Gasteiger partial charge < -0.3 is 9.52 Å². The van der Waals surface area contributed by atoms with E-state index in [9.17, 15) is 9.90 Å². The summed E-state index contributed by atoms with van der Waals surface area (Å²) >= 11 is 0. The average molecular weight is 293 g/mol. The molecule has 0 unspecified atom stereocenters. The summed E-state index contributed by atoms with van der Waals surface area (Å²) in [5.41, 5.74) is 1.53. The van der Waals surface area contributed by atoms with Gasteiger partial charge in [0.15, 0.2) is 0 Å². The number of hydrogen-bond donors (Lipinski definition) is 1. The minimum atomic E-state index is -0.540. The van der Waals surface area contributed by atoms with Crippen LogP contribution < -0.4 is 5.63 Å². The number of nitrogens with zero attached hydrogens (tertiary/aromatic N) is 1. The first-order valence-electron chi connectivity index (χ1n) is 7.02. The molecule has 4 nitrogen and oxygen atoms in total. The van der Waals surface area contributed by atoms with Crippen molar-refractivity contribution in [1.82, 2.24) is 4.98 Å². The summed E-state index contributed by atoms with van der Waals surface area (Å²) < 4.78 is 5.24. The molecule has 110 valence electrons. The van der Waals surface area contributed by atoms with Crippen LogP contribution in [0.3, 0.4) is 0 Å². The molecule has 3 aromatic rings. The third-order valence-corrected chi connectivity index (χ3v) is 3.38. The second-order valence-corrected chi connectivity index (χ2v) is 5.02. The summed E-state index contributed by atoms with van der Waals surface area (Å²) in [5.74, 6) is -0.0449. The van der Waals surface area contributed by atoms with Gasteiger partial charge in [0.2, 0.25) is 11.8 Å². The highest BCUT2D eigenvalue weighted by Gasteiger charge is 2.13. The first-order chi connectivity index (χ1) is 10.7. The Morgan fingerprint density at radius 1 is 0.864 bits per heavy atom. The van der Waals surface area contributed by atoms with Crippen LogP contribution in [0, 0.1) is 0 Å². The van der Waals surface area contributed by atoms with E-state index in [4.69, 9.17) is 4.42 Å². The second kappa shape index (κ2) is 6.26. The van der Waals surface area contributed by atoms with Gasteiger partial charge >= 0.3 is 5.63 Å². The van der Waals surface area contributed by atoms with Crippen LogP contribution in [0.5, 0.6) is 5.88 Å². The van der Waals surface area contributed by atoms with Crippen LogP contribution in [0.15, 0.2) is 69.9 Å². The Hall–Kier alpha value is -2.88. The molecular formula is C18H15NO3. The lowest BCUT2D eigenvalue weighted by Crippen LogP contribution is -2.12. The molecule has 0 aliphatic heterocycles. The number of aromatic nitrogens is 1. The Kier molecular flexibility index (Phi) is 4.01. The molecule has 0 saturated heterocycles. The summed E-state index contributed by atoms with van der Waals surface area (Å²) in [7, 11) is 0. The zero-order valence-corrected chi connectivity index (χ0v) is 11.9. The van der Waals surface area contributed by atoms with Gasteiger partial charge in [-0.3, -0.25) is 0 Å². The summed E-state index contributed by atoms with van der Waals surface area (Å²) in [4.78, 5) is 16.1. The molecule has 1 N–H and O–H groups in total. The number of hydrogen-bond acceptors (Lipinski definition) is 4. The highest BCUT2D eigenvalue weighted by molar-refractivity contribution is 5.30. The third-order valence-electron chi connectivity index (χ3n) is 3.38. The minimum Gasteiger partial charge on any atom is -0.493 e. The van der Waals surface area contributed by atoms with Gasteiger partial charge in [-0.1, -0.05) is 60.7 Å². The molecule has 3 rings (SSSR count). The van der Waals surface area contributed by atoms with E-state index in [1.807, 2.05) is 60.7 Å². The molecule has 0 spiro atoms. The predicted molar refractivity (Wildman–Crippen MR) is 82.9 cm³/mol. The van der Waals surface area contributed by atoms with E-state index in [0.29, 0.717) is 12.8 Å². The summed E-state index contributed by atoms with van der Waals surface area (Å²) in [6, 6.07) is 19.0. The van der Waals surface area contributed by atoms with Crippen LogP contribution in [0.4, 0.5) is 0 Å². The topological polar surface area (TPSA) is 63.3 Å². The van der Waals surface area contributed by atoms with Crippen molar-refractivity contribution < 1.29 is 9.52 Å². The maximum Gasteiger partial charge on any atom is 0.346 e. The lowest BCUT2D eigenvalue weighted by molar-refractivity contribution is 0.382. The zero-order chi connectivity index (χ0) is 15.4. The standard InChI is InChI=1S/C18H15NO3/c20-17-15(11-13-7-3-1-4-8-13)18(21)22-16(19-17)12-14-9-5-2-6-10-14/h1-10,20H,11-12H2. The van der Waals surface area contributed by atoms with Crippen molar-refractivity contribution in [3.63, 3.8) is 0 Å². The van der Waals surface area contributed by atoms with Crippen LogP contribution in [0.1, 0.15) is 22.6 Å². The monoisotopic (exact) mass is 293 g/mol. The van der Waals surface area contributed by atoms with E-state index < -0.39 is 5.63 Å². The Bertz CT molecular complexity index is 811. The van der Waals surface area contributed by atoms with Gasteiger partial charge in [0, 0.05) is 12.8 Å². The lowest BCUT2D eigenvalue weighted by Gasteiger charge is -2.05. The van der Waals surface area contributed by atoms with E-state index in [1.165, 1.54) is 0 Å². The van der Waals surface area contributed by atoms with E-state index >= 15 is 0 Å². The maximum absolute atomic E-state index is 12.1. The van der Waals surface area contributed by atoms with E-state index in [-0.39, 0.29) is 17.3 Å². The fourth-order valence-electron chi connectivity index (χ4n) is 2.27. The van der Waals surface area contributed by atoms with Gasteiger partial charge in [0.1, 0.15) is 5.56 Å². The molecule has 1 aromatic heterocycles. The summed E-state index contributed by atoms with van der Waals surface area (Å²) in [5, 5.41) is 10.0. The van der Waals surface area contributed by atoms with Gasteiger partial charge in [-0.2, -0.15) is 4.98 Å². The van der Waals surface area contributed by atoms with Gasteiger partial charge in [0.25, 0.3) is 0 Å². The largest absolute Gasteiger partial charge is 0.493 e. The van der Waals surface area contributed by atoms with Crippen LogP contribution in [0.2, 0.25) is 0 Å². The SMILES string of the molecule is O=c1oc(Cc2ccccc2)nc(O)c1Cc1ccccc1. The van der Waals surface area contributed by atoms with Crippen molar-refractivity contribution in [3.8, 4) is 5.88 Å². The fraction of sp³-hybridized carbons (Fsp3) is 0.111. The Morgan fingerprint density at radius 3 is 1.95 bits per heavy atom. The quantitative estimate of drug-likeness (QED) is 0.803. The molecule has 0 bridgehead atoms. The Labute approximate surface area is 127 Å². The molecule has 0 aliphatic rings. The van der Waals surface area contributed by atoms with E-state index in [2.05, 4.69) is 4.98 Å². The molecule has 0 atom stereocenters. The van der Waals surface area contributed by atoms with Crippen molar-refractivity contribution in [2.24, 2.45) is 0 Å². The number of aromatic hydroxyl groups is 1. The molecule has 0 saturated carbocycles. The summed E-state index contributed by atoms with van der Waals surface area (Å²) in [6.07, 6.45) is 0.670. The normalized spacial score (nSPS) is 10.5. The minimum absolute atomic E-state index is 0.183. The Morgan fingerprint density at radius 2 is 1.41 bits per heavy atom. The van der Waals surface area contributed by atoms with Crippen LogP contribution >= 0.6 is 0 Å². The molecule has 2 aromatic carbocycles. The average Bonchev–Trinajstić information content (AvgIpc) is 2.53. The van der Waals surface area contributed by atoms with E-state index in [0.717, 1.165) is 11.1 Å². The van der Waals surface area contributed by atoms with Crippen molar-refractivity contribution in [3.05, 3.63) is 93.7 Å². The first kappa shape index (κ1) is 14.1. The molecule has 1 heterocycles. The van der Waals surface area contributed by atoms with Crippen LogP contribution in [0.25, 0.3) is 0 Å². The second-order valence-electron chi connectivity index (χ2n) is 5.02. The van der Waals surface area contributed by atoms with Crippen LogP contribution in [-0.4, -0.2) is 10.1 Å². The van der Waals surface area contributed by atoms with Gasteiger partial charge in [-0.15, -0.1) is 0 Å². The van der Waals surface area contributed by atoms with Crippen molar-refractivity contribution in [2.45, 2.75) is 12.8 Å². The number of benzene rings is 2. The molecule has 22 heavy (non-hydrogen) atoms. The Balaban J connectivity index is 1.87. The van der Waals surface area contributed by atoms with Crippen molar-refractivity contribution in [2.75, 3.05) is 0 Å². The smallest absolute Gasteiger partial charge is 0.346 e. The molecule has 0 radical (unpaired) electrons. The van der Waals surface area contributed by atoms with Gasteiger partial charge in [0.05, 0.1) is 0 Å². The lowest BCUT2D eigenvalue weighted by atomic mass is 10.1. The molecule has 0 amide bonds. The predicted octanol–water partition coefficient (Wildman–Crippen LogP) is 2.92. The zero-order valence-electron chi connectivity index (χ0n) is 11.9. The third kappa shape index (κ3) is 3.23. The highest BCUT2D eigenvalue weighted by Crippen LogP contribution is 2.16.